The van der Waals surface area contributed by atoms with Crippen LogP contribution in [0.4, 0.5) is 5.82 Å². The van der Waals surface area contributed by atoms with Crippen molar-refractivity contribution in [2.75, 3.05) is 5.32 Å². The number of aryl methyl sites for hydroxylation is 1. The van der Waals surface area contributed by atoms with E-state index in [-0.39, 0.29) is 0 Å². The third kappa shape index (κ3) is 2.67. The number of hydrogen-bond donors (Lipinski definition) is 1. The molecule has 0 radical (unpaired) electrons. The molecule has 0 atom stereocenters. The van der Waals surface area contributed by atoms with Crippen molar-refractivity contribution in [3.63, 3.8) is 0 Å². The highest BCUT2D eigenvalue weighted by molar-refractivity contribution is 6.30. The molecule has 9 heteroatoms. The summed E-state index contributed by atoms with van der Waals surface area (Å²) in [7, 11) is 1.84. The number of halogens is 1. The Labute approximate surface area is 142 Å². The Morgan fingerprint density at radius 2 is 2.08 bits per heavy atom. The van der Waals surface area contributed by atoms with E-state index in [1.165, 1.54) is 0 Å². The first-order valence-corrected chi connectivity index (χ1v) is 7.62. The van der Waals surface area contributed by atoms with E-state index in [1.54, 1.807) is 40.2 Å². The standard InChI is InChI=1S/C15H13ClN8/c1-23-14-11(9-20-23)7-10(13(16)21-14)8-19-12-3-6-24(22-12)15-17-4-2-5-18-15/h2-7,9H,8H2,1H3,(H,19,22). The number of fused-ring (bicyclic) bond motifs is 1. The molecule has 0 aliphatic heterocycles. The van der Waals surface area contributed by atoms with Crippen LogP contribution >= 0.6 is 11.6 Å². The minimum atomic E-state index is 0.449. The van der Waals surface area contributed by atoms with Crippen LogP contribution in [0.3, 0.4) is 0 Å². The van der Waals surface area contributed by atoms with E-state index in [4.69, 9.17) is 11.6 Å². The van der Waals surface area contributed by atoms with Crippen LogP contribution in [0.25, 0.3) is 17.0 Å². The molecule has 4 rings (SSSR count). The number of rotatable bonds is 4. The molecule has 0 aliphatic rings. The van der Waals surface area contributed by atoms with Crippen LogP contribution in [0.15, 0.2) is 43.0 Å². The highest BCUT2D eigenvalue weighted by Crippen LogP contribution is 2.21. The van der Waals surface area contributed by atoms with Crippen LogP contribution < -0.4 is 5.32 Å². The summed E-state index contributed by atoms with van der Waals surface area (Å²) in [5.41, 5.74) is 1.64. The van der Waals surface area contributed by atoms with E-state index >= 15 is 0 Å². The molecule has 4 heterocycles. The molecule has 0 aromatic carbocycles. The molecule has 0 saturated heterocycles. The lowest BCUT2D eigenvalue weighted by Gasteiger charge is -2.06. The van der Waals surface area contributed by atoms with Crippen molar-refractivity contribution in [1.82, 2.24) is 34.5 Å². The van der Waals surface area contributed by atoms with Gasteiger partial charge in [0.1, 0.15) is 11.0 Å². The Balaban J connectivity index is 1.53. The summed E-state index contributed by atoms with van der Waals surface area (Å²) in [6.07, 6.45) is 6.91. The molecule has 24 heavy (non-hydrogen) atoms. The van der Waals surface area contributed by atoms with E-state index in [9.17, 15) is 0 Å². The van der Waals surface area contributed by atoms with Gasteiger partial charge in [0, 0.05) is 49.2 Å². The first-order chi connectivity index (χ1) is 11.7. The van der Waals surface area contributed by atoms with Gasteiger partial charge in [0.25, 0.3) is 0 Å². The third-order valence-electron chi connectivity index (χ3n) is 3.54. The number of nitrogens with one attached hydrogen (secondary N) is 1. The average molecular weight is 341 g/mol. The fraction of sp³-hybridized carbons (Fsp3) is 0.133. The largest absolute Gasteiger partial charge is 0.364 e. The van der Waals surface area contributed by atoms with Gasteiger partial charge >= 0.3 is 0 Å². The second-order valence-corrected chi connectivity index (χ2v) is 5.53. The van der Waals surface area contributed by atoms with Gasteiger partial charge in [-0.2, -0.15) is 5.10 Å². The summed E-state index contributed by atoms with van der Waals surface area (Å²) in [6.45, 7) is 0.503. The third-order valence-corrected chi connectivity index (χ3v) is 3.87. The first kappa shape index (κ1) is 14.6. The first-order valence-electron chi connectivity index (χ1n) is 7.25. The van der Waals surface area contributed by atoms with E-state index in [0.717, 1.165) is 16.6 Å². The van der Waals surface area contributed by atoms with E-state index in [0.29, 0.717) is 23.5 Å². The topological polar surface area (TPSA) is 86.3 Å². The maximum Gasteiger partial charge on any atom is 0.250 e. The number of nitrogens with zero attached hydrogens (tertiary/aromatic N) is 7. The second kappa shape index (κ2) is 5.89. The Hall–Kier alpha value is -3.00. The van der Waals surface area contributed by atoms with E-state index < -0.39 is 0 Å². The molecule has 0 spiro atoms. The van der Waals surface area contributed by atoms with Crippen LogP contribution in [-0.4, -0.2) is 34.5 Å². The van der Waals surface area contributed by atoms with Gasteiger partial charge in [-0.1, -0.05) is 11.6 Å². The smallest absolute Gasteiger partial charge is 0.250 e. The summed E-state index contributed by atoms with van der Waals surface area (Å²) < 4.78 is 3.30. The van der Waals surface area contributed by atoms with Gasteiger partial charge in [-0.15, -0.1) is 5.10 Å². The van der Waals surface area contributed by atoms with Crippen molar-refractivity contribution in [3.8, 4) is 5.95 Å². The van der Waals surface area contributed by atoms with Gasteiger partial charge in [0.05, 0.1) is 6.20 Å². The van der Waals surface area contributed by atoms with Crippen molar-refractivity contribution in [2.45, 2.75) is 6.54 Å². The summed E-state index contributed by atoms with van der Waals surface area (Å²) >= 11 is 6.26. The number of pyridine rings is 1. The quantitative estimate of drug-likeness (QED) is 0.573. The summed E-state index contributed by atoms with van der Waals surface area (Å²) in [6, 6.07) is 5.58. The molecule has 0 amide bonds. The Morgan fingerprint density at radius 3 is 2.92 bits per heavy atom. The normalized spacial score (nSPS) is 11.1. The average Bonchev–Trinajstić information content (AvgIpc) is 3.21. The monoisotopic (exact) mass is 340 g/mol. The van der Waals surface area contributed by atoms with Gasteiger partial charge in [-0.25, -0.2) is 19.6 Å². The van der Waals surface area contributed by atoms with Gasteiger partial charge in [-0.05, 0) is 12.1 Å². The number of anilines is 1. The van der Waals surface area contributed by atoms with E-state index in [1.807, 2.05) is 19.2 Å². The maximum absolute atomic E-state index is 6.26. The summed E-state index contributed by atoms with van der Waals surface area (Å²) in [5, 5.41) is 13.2. The number of aromatic nitrogens is 7. The highest BCUT2D eigenvalue weighted by atomic mass is 35.5. The Kier molecular flexibility index (Phi) is 3.58. The van der Waals surface area contributed by atoms with Crippen molar-refractivity contribution in [3.05, 3.63) is 53.7 Å². The second-order valence-electron chi connectivity index (χ2n) is 5.17. The zero-order valence-electron chi connectivity index (χ0n) is 12.8. The predicted octanol–water partition coefficient (Wildman–Crippen LogP) is 2.21. The molecular formula is C15H13ClN8. The van der Waals surface area contributed by atoms with Crippen LogP contribution in [0, 0.1) is 0 Å². The number of hydrogen-bond acceptors (Lipinski definition) is 6. The minimum absolute atomic E-state index is 0.449. The van der Waals surface area contributed by atoms with Crippen LogP contribution in [0.5, 0.6) is 0 Å². The van der Waals surface area contributed by atoms with Gasteiger partial charge < -0.3 is 5.32 Å². The molecule has 0 saturated carbocycles. The van der Waals surface area contributed by atoms with Crippen molar-refractivity contribution in [1.29, 1.82) is 0 Å². The van der Waals surface area contributed by atoms with Gasteiger partial charge in [0.15, 0.2) is 5.65 Å². The van der Waals surface area contributed by atoms with Crippen molar-refractivity contribution >= 4 is 28.5 Å². The predicted molar refractivity (Wildman–Crippen MR) is 90.0 cm³/mol. The molecule has 4 aromatic heterocycles. The van der Waals surface area contributed by atoms with Crippen LogP contribution in [-0.2, 0) is 13.6 Å². The fourth-order valence-electron chi connectivity index (χ4n) is 2.35. The SMILES string of the molecule is Cn1ncc2cc(CNc3ccn(-c4ncccn4)n3)c(Cl)nc21. The molecule has 0 bridgehead atoms. The van der Waals surface area contributed by atoms with E-state index in [2.05, 4.69) is 30.5 Å². The molecule has 0 fully saturated rings. The summed E-state index contributed by atoms with van der Waals surface area (Å²) in [4.78, 5) is 12.7. The van der Waals surface area contributed by atoms with Crippen LogP contribution in [0.1, 0.15) is 5.56 Å². The molecular weight excluding hydrogens is 328 g/mol. The molecule has 120 valence electrons. The van der Waals surface area contributed by atoms with Gasteiger partial charge in [-0.3, -0.25) is 4.68 Å². The van der Waals surface area contributed by atoms with Gasteiger partial charge in [0.2, 0.25) is 5.95 Å². The Bertz CT molecular complexity index is 991. The lowest BCUT2D eigenvalue weighted by molar-refractivity contribution is 0.786. The lowest BCUT2D eigenvalue weighted by atomic mass is 10.2. The zero-order chi connectivity index (χ0) is 16.5. The fourth-order valence-corrected chi connectivity index (χ4v) is 2.55. The molecule has 1 N–H and O–H groups in total. The van der Waals surface area contributed by atoms with Crippen molar-refractivity contribution < 1.29 is 0 Å². The van der Waals surface area contributed by atoms with Crippen molar-refractivity contribution in [2.24, 2.45) is 7.05 Å². The molecule has 0 aliphatic carbocycles. The molecule has 4 aromatic rings. The maximum atomic E-state index is 6.26. The minimum Gasteiger partial charge on any atom is -0.364 e. The van der Waals surface area contributed by atoms with Crippen LogP contribution in [0.2, 0.25) is 5.15 Å². The summed E-state index contributed by atoms with van der Waals surface area (Å²) in [5.74, 6) is 1.21. The lowest BCUT2D eigenvalue weighted by Crippen LogP contribution is -2.04. The molecule has 8 nitrogen and oxygen atoms in total. The highest BCUT2D eigenvalue weighted by Gasteiger charge is 2.09. The molecule has 0 unspecified atom stereocenters. The zero-order valence-corrected chi connectivity index (χ0v) is 13.5. The Morgan fingerprint density at radius 1 is 1.25 bits per heavy atom.